The molecule has 2 saturated carbocycles. The van der Waals surface area contributed by atoms with Crippen LogP contribution in [0, 0.1) is 28.6 Å². The molecule has 7 heteroatoms. The number of aromatic nitrogens is 1. The fraction of sp³-hybridized carbons (Fsp3) is 0.542. The van der Waals surface area contributed by atoms with Gasteiger partial charge < -0.3 is 24.8 Å². The Morgan fingerprint density at radius 3 is 2.49 bits per heavy atom. The number of amides is 1. The van der Waals surface area contributed by atoms with Gasteiger partial charge in [0.25, 0.3) is 0 Å². The molecule has 0 spiro atoms. The summed E-state index contributed by atoms with van der Waals surface area (Å²) < 4.78 is 8.91. The first kappa shape index (κ1) is 36.8. The molecule has 1 aromatic heterocycles. The Morgan fingerprint density at radius 1 is 1.05 bits per heavy atom. The van der Waals surface area contributed by atoms with Crippen molar-refractivity contribution in [2.75, 3.05) is 0 Å². The Labute approximate surface area is 325 Å². The number of allylic oxidation sites excluding steroid dienone is 1. The Bertz CT molecular complexity index is 2240. The molecule has 0 radical (unpaired) electrons. The highest BCUT2D eigenvalue weighted by molar-refractivity contribution is 6.18. The Morgan fingerprint density at radius 2 is 1.78 bits per heavy atom. The van der Waals surface area contributed by atoms with Crippen LogP contribution in [0.3, 0.4) is 0 Å². The highest BCUT2D eigenvalue weighted by Gasteiger charge is 2.67. The van der Waals surface area contributed by atoms with Crippen molar-refractivity contribution >= 4 is 28.2 Å². The van der Waals surface area contributed by atoms with Gasteiger partial charge in [0.2, 0.25) is 5.91 Å². The molecule has 2 fully saturated rings. The van der Waals surface area contributed by atoms with E-state index in [2.05, 4.69) is 83.1 Å². The van der Waals surface area contributed by atoms with Gasteiger partial charge in [-0.25, -0.2) is 0 Å². The van der Waals surface area contributed by atoms with Crippen molar-refractivity contribution in [3.8, 4) is 0 Å². The zero-order valence-electron chi connectivity index (χ0n) is 33.9. The molecule has 3 N–H and O–H groups in total. The number of fused-ring (bicyclic) bond motifs is 11. The molecule has 1 amide bonds. The Hall–Kier alpha value is -3.78. The predicted octanol–water partition coefficient (Wildman–Crippen LogP) is 8.86. The third-order valence-corrected chi connectivity index (χ3v) is 15.7. The monoisotopic (exact) mass is 742 g/mol. The summed E-state index contributed by atoms with van der Waals surface area (Å²) in [6.45, 7) is 22.3. The van der Waals surface area contributed by atoms with Crippen molar-refractivity contribution < 1.29 is 24.5 Å². The summed E-state index contributed by atoms with van der Waals surface area (Å²) in [5, 5.41) is 28.2. The molecule has 55 heavy (non-hydrogen) atoms. The van der Waals surface area contributed by atoms with Crippen LogP contribution in [-0.2, 0) is 27.9 Å². The number of benzene rings is 2. The maximum atomic E-state index is 14.9. The fourth-order valence-electron chi connectivity index (χ4n) is 13.4. The second-order valence-electron chi connectivity index (χ2n) is 19.7. The van der Waals surface area contributed by atoms with E-state index in [0.717, 1.165) is 64.4 Å². The quantitative estimate of drug-likeness (QED) is 0.219. The zero-order chi connectivity index (χ0) is 39.2. The van der Waals surface area contributed by atoms with Crippen molar-refractivity contribution in [3.05, 3.63) is 100 Å². The van der Waals surface area contributed by atoms with Gasteiger partial charge in [-0.05, 0) is 118 Å². The second kappa shape index (κ2) is 11.9. The second-order valence-corrected chi connectivity index (χ2v) is 19.7. The third-order valence-electron chi connectivity index (χ3n) is 15.7. The molecule has 0 unspecified atom stereocenters. The first-order valence-electron chi connectivity index (χ1n) is 20.6. The van der Waals surface area contributed by atoms with Crippen LogP contribution >= 0.6 is 0 Å². The lowest BCUT2D eigenvalue weighted by molar-refractivity contribution is -0.145. The summed E-state index contributed by atoms with van der Waals surface area (Å²) in [4.78, 5) is 27.9. The van der Waals surface area contributed by atoms with Crippen molar-refractivity contribution in [1.29, 1.82) is 0 Å². The largest absolute Gasteiger partial charge is 0.392 e. The van der Waals surface area contributed by atoms with Crippen LogP contribution in [0.1, 0.15) is 138 Å². The first-order chi connectivity index (χ1) is 25.9. The van der Waals surface area contributed by atoms with Crippen molar-refractivity contribution in [3.63, 3.8) is 0 Å². The summed E-state index contributed by atoms with van der Waals surface area (Å²) in [6, 6.07) is 11.7. The third kappa shape index (κ3) is 4.85. The number of hydrogen-bond acceptors (Lipinski definition) is 5. The first-order valence-corrected chi connectivity index (χ1v) is 20.6. The Kier molecular flexibility index (Phi) is 7.95. The molecule has 3 heterocycles. The number of carbonyl (C=O) groups excluding carboxylic acids is 2. The molecule has 290 valence electrons. The minimum atomic E-state index is -0.856. The summed E-state index contributed by atoms with van der Waals surface area (Å²) in [7, 11) is 0. The molecule has 6 aliphatic rings. The SMILES string of the molecule is C=C(C)[C@H]1C(=O)c2c3c(cc4c5c(n1c24)[C@@]1(C)[C@@H](CC[C@H]2[C@](C)(/C=C/CC(=O)NCc4ccccc4)[C@@H](O)CC[C@@]21C)C5)C1=CC(C)(C)OC(C)(C)[C@H]1[C@@H]3O. The van der Waals surface area contributed by atoms with Crippen LogP contribution in [0.4, 0.5) is 0 Å². The average molecular weight is 743 g/mol. The normalized spacial score (nSPS) is 36.3. The molecule has 7 nitrogen and oxygen atoms in total. The van der Waals surface area contributed by atoms with Gasteiger partial charge in [0.1, 0.15) is 6.04 Å². The van der Waals surface area contributed by atoms with Crippen molar-refractivity contribution in [1.82, 2.24) is 9.88 Å². The number of Topliss-reactive ketones (excluding diaryl/α,β-unsaturated/α-hetero) is 1. The van der Waals surface area contributed by atoms with Crippen LogP contribution < -0.4 is 5.32 Å². The Balaban J connectivity index is 1.15. The standard InChI is InChI=1S/C48H58N2O5/c1-26(2)39-42(54)37-36-29(32-24-44(3,4)55-45(5,6)38(32)41(36)53)23-30-31-22-28-17-18-33-46(7,20-13-16-35(52)49-25-27-14-11-10-12-15-27)34(51)19-21-47(33,8)48(28,9)43(31)50(39)40(30)37/h10-15,20,23-24,28,33-34,38-39,41,51,53H,1,16-19,21-22,25H2,2-9H3,(H,49,52)/b20-13+/t28-,33-,34-,38+,39-,41+,46-,47-,48+/m0/s1. The molecule has 9 atom stereocenters. The predicted molar refractivity (Wildman–Crippen MR) is 217 cm³/mol. The number of nitrogens with one attached hydrogen (secondary N) is 1. The van der Waals surface area contributed by atoms with Gasteiger partial charge in [-0.15, -0.1) is 0 Å². The number of rotatable bonds is 6. The number of carbonyl (C=O) groups is 2. The van der Waals surface area contributed by atoms with E-state index < -0.39 is 34.9 Å². The summed E-state index contributed by atoms with van der Waals surface area (Å²) in [5.74, 6) is 0.274. The van der Waals surface area contributed by atoms with Crippen LogP contribution in [0.15, 0.2) is 66.8 Å². The number of nitrogens with zero attached hydrogens (tertiary/aromatic N) is 1. The summed E-state index contributed by atoms with van der Waals surface area (Å²) in [6.07, 6.45) is 9.68. The lowest BCUT2D eigenvalue weighted by atomic mass is 9.40. The average Bonchev–Trinajstić information content (AvgIpc) is 3.78. The number of ether oxygens (including phenoxy) is 1. The molecule has 4 aliphatic carbocycles. The lowest BCUT2D eigenvalue weighted by Gasteiger charge is -2.64. The van der Waals surface area contributed by atoms with Crippen LogP contribution in [0.25, 0.3) is 16.5 Å². The van der Waals surface area contributed by atoms with Gasteiger partial charge in [-0.1, -0.05) is 75.4 Å². The molecular weight excluding hydrogens is 685 g/mol. The van der Waals surface area contributed by atoms with Gasteiger partial charge in [0.05, 0.1) is 34.5 Å². The van der Waals surface area contributed by atoms with E-state index in [-0.39, 0.29) is 40.8 Å². The van der Waals surface area contributed by atoms with E-state index in [9.17, 15) is 19.8 Å². The highest BCUT2D eigenvalue weighted by atomic mass is 16.5. The minimum Gasteiger partial charge on any atom is -0.392 e. The number of aliphatic hydroxyl groups excluding tert-OH is 2. The van der Waals surface area contributed by atoms with Crippen molar-refractivity contribution in [2.45, 2.75) is 135 Å². The molecular formula is C48H58N2O5. The topological polar surface area (TPSA) is 101 Å². The summed E-state index contributed by atoms with van der Waals surface area (Å²) >= 11 is 0. The van der Waals surface area contributed by atoms with Gasteiger partial charge in [0, 0.05) is 46.4 Å². The van der Waals surface area contributed by atoms with Gasteiger partial charge in [0.15, 0.2) is 5.78 Å². The van der Waals surface area contributed by atoms with E-state index in [1.54, 1.807) is 0 Å². The van der Waals surface area contributed by atoms with Crippen molar-refractivity contribution in [2.24, 2.45) is 28.6 Å². The number of hydrogen-bond donors (Lipinski definition) is 3. The molecule has 3 aromatic rings. The molecule has 2 aliphatic heterocycles. The lowest BCUT2D eigenvalue weighted by Crippen LogP contribution is -2.62. The van der Waals surface area contributed by atoms with Crippen LogP contribution in [0.5, 0.6) is 0 Å². The van der Waals surface area contributed by atoms with E-state index in [1.165, 1.54) is 11.3 Å². The maximum absolute atomic E-state index is 14.9. The zero-order valence-corrected chi connectivity index (χ0v) is 33.9. The number of aliphatic hydroxyl groups is 2. The molecule has 0 saturated heterocycles. The van der Waals surface area contributed by atoms with E-state index >= 15 is 0 Å². The molecule has 2 aromatic carbocycles. The van der Waals surface area contributed by atoms with Gasteiger partial charge in [-0.2, -0.15) is 0 Å². The summed E-state index contributed by atoms with van der Waals surface area (Å²) in [5.41, 5.74) is 6.80. The highest BCUT2D eigenvalue weighted by Crippen LogP contribution is 2.71. The molecule has 9 rings (SSSR count). The van der Waals surface area contributed by atoms with Gasteiger partial charge in [-0.3, -0.25) is 9.59 Å². The van der Waals surface area contributed by atoms with E-state index in [0.29, 0.717) is 24.4 Å². The van der Waals surface area contributed by atoms with Gasteiger partial charge >= 0.3 is 0 Å². The van der Waals surface area contributed by atoms with E-state index in [4.69, 9.17) is 4.74 Å². The smallest absolute Gasteiger partial charge is 0.224 e. The number of ketones is 1. The van der Waals surface area contributed by atoms with Crippen LogP contribution in [-0.4, -0.2) is 43.8 Å². The van der Waals surface area contributed by atoms with E-state index in [1.807, 2.05) is 43.3 Å². The molecule has 0 bridgehead atoms. The maximum Gasteiger partial charge on any atom is 0.224 e. The van der Waals surface area contributed by atoms with Crippen LogP contribution in [0.2, 0.25) is 0 Å². The fourth-order valence-corrected chi connectivity index (χ4v) is 13.4. The minimum absolute atomic E-state index is 0.0328.